The Morgan fingerprint density at radius 2 is 2.26 bits per heavy atom. The Balaban J connectivity index is 2.64. The van der Waals surface area contributed by atoms with Gasteiger partial charge in [0, 0.05) is 19.0 Å². The highest BCUT2D eigenvalue weighted by atomic mass is 32.1. The van der Waals surface area contributed by atoms with Crippen molar-refractivity contribution in [3.8, 4) is 0 Å². The molecule has 0 aliphatic heterocycles. The number of hydrogen-bond acceptors (Lipinski definition) is 6. The molecule has 1 unspecified atom stereocenters. The van der Waals surface area contributed by atoms with Crippen molar-refractivity contribution in [1.82, 2.24) is 10.3 Å². The predicted octanol–water partition coefficient (Wildman–Crippen LogP) is 1.81. The molecular weight excluding hydrogens is 266 g/mol. The number of thiazole rings is 1. The molecule has 1 aromatic heterocycles. The molecule has 1 amide bonds. The van der Waals surface area contributed by atoms with Crippen molar-refractivity contribution in [2.24, 2.45) is 5.73 Å². The van der Waals surface area contributed by atoms with Crippen LogP contribution in [0.2, 0.25) is 0 Å². The van der Waals surface area contributed by atoms with E-state index in [0.717, 1.165) is 10.7 Å². The van der Waals surface area contributed by atoms with E-state index in [-0.39, 0.29) is 12.6 Å². The van der Waals surface area contributed by atoms with E-state index in [4.69, 9.17) is 15.2 Å². The normalized spacial score (nSPS) is 13.1. The number of alkyl carbamates (subject to hydrolysis) is 1. The van der Waals surface area contributed by atoms with Gasteiger partial charge in [-0.3, -0.25) is 0 Å². The molecule has 1 atom stereocenters. The molecule has 1 aromatic rings. The van der Waals surface area contributed by atoms with Crippen molar-refractivity contribution >= 4 is 17.4 Å². The third-order valence-corrected chi connectivity index (χ3v) is 2.96. The Morgan fingerprint density at radius 1 is 1.58 bits per heavy atom. The zero-order valence-electron chi connectivity index (χ0n) is 11.7. The van der Waals surface area contributed by atoms with Gasteiger partial charge in [-0.25, -0.2) is 9.78 Å². The van der Waals surface area contributed by atoms with Gasteiger partial charge in [0.15, 0.2) is 0 Å². The molecule has 7 heteroatoms. The minimum absolute atomic E-state index is 0.259. The first-order valence-corrected chi connectivity index (χ1v) is 6.86. The first kappa shape index (κ1) is 15.9. The summed E-state index contributed by atoms with van der Waals surface area (Å²) in [7, 11) is 1.61. The number of hydrogen-bond donors (Lipinski definition) is 2. The molecule has 0 radical (unpaired) electrons. The van der Waals surface area contributed by atoms with Gasteiger partial charge >= 0.3 is 6.09 Å². The van der Waals surface area contributed by atoms with Gasteiger partial charge in [0.25, 0.3) is 0 Å². The third-order valence-electron chi connectivity index (χ3n) is 2.12. The number of methoxy groups -OCH3 is 1. The van der Waals surface area contributed by atoms with E-state index in [2.05, 4.69) is 10.3 Å². The van der Waals surface area contributed by atoms with Crippen LogP contribution in [-0.2, 0) is 16.1 Å². The Labute approximate surface area is 117 Å². The molecule has 0 aliphatic rings. The number of nitrogens with one attached hydrogen (secondary N) is 1. The maximum absolute atomic E-state index is 11.7. The minimum Gasteiger partial charge on any atom is -0.444 e. The number of carbonyl (C=O) groups is 1. The highest BCUT2D eigenvalue weighted by molar-refractivity contribution is 7.09. The first-order chi connectivity index (χ1) is 8.85. The van der Waals surface area contributed by atoms with Crippen molar-refractivity contribution in [2.45, 2.75) is 39.0 Å². The molecule has 0 aliphatic carbocycles. The van der Waals surface area contributed by atoms with Crippen LogP contribution in [0.5, 0.6) is 0 Å². The van der Waals surface area contributed by atoms with E-state index >= 15 is 0 Å². The summed E-state index contributed by atoms with van der Waals surface area (Å²) in [6.45, 7) is 6.14. The van der Waals surface area contributed by atoms with Crippen LogP contribution >= 0.6 is 11.3 Å². The lowest BCUT2D eigenvalue weighted by molar-refractivity contribution is 0.0504. The van der Waals surface area contributed by atoms with Gasteiger partial charge < -0.3 is 20.5 Å². The Kier molecular flexibility index (Phi) is 5.71. The van der Waals surface area contributed by atoms with Crippen LogP contribution in [0.25, 0.3) is 0 Å². The average molecular weight is 287 g/mol. The van der Waals surface area contributed by atoms with Crippen molar-refractivity contribution in [3.63, 3.8) is 0 Å². The van der Waals surface area contributed by atoms with E-state index in [9.17, 15) is 4.79 Å². The maximum atomic E-state index is 11.7. The first-order valence-electron chi connectivity index (χ1n) is 5.98. The van der Waals surface area contributed by atoms with Crippen molar-refractivity contribution < 1.29 is 14.3 Å². The van der Waals surface area contributed by atoms with Gasteiger partial charge in [-0.1, -0.05) is 0 Å². The number of carbonyl (C=O) groups excluding carboxylic acids is 1. The fraction of sp³-hybridized carbons (Fsp3) is 0.667. The second-order valence-corrected chi connectivity index (χ2v) is 5.98. The SMILES string of the molecule is COCc1nc(C(CN)NC(=O)OC(C)(C)C)cs1. The molecule has 0 spiro atoms. The monoisotopic (exact) mass is 287 g/mol. The Hall–Kier alpha value is -1.18. The molecule has 19 heavy (non-hydrogen) atoms. The minimum atomic E-state index is -0.535. The van der Waals surface area contributed by atoms with Gasteiger partial charge in [0.05, 0.1) is 18.3 Å². The smallest absolute Gasteiger partial charge is 0.408 e. The highest BCUT2D eigenvalue weighted by Crippen LogP contribution is 2.17. The van der Waals surface area contributed by atoms with Crippen LogP contribution in [0.4, 0.5) is 4.79 Å². The number of amides is 1. The molecule has 0 aromatic carbocycles. The lowest BCUT2D eigenvalue weighted by Crippen LogP contribution is -2.37. The zero-order valence-corrected chi connectivity index (χ0v) is 12.5. The van der Waals surface area contributed by atoms with Crippen molar-refractivity contribution in [2.75, 3.05) is 13.7 Å². The molecule has 108 valence electrons. The summed E-state index contributed by atoms with van der Waals surface area (Å²) in [6, 6.07) is -0.350. The van der Waals surface area contributed by atoms with Crippen LogP contribution in [0.15, 0.2) is 5.38 Å². The van der Waals surface area contributed by atoms with Gasteiger partial charge in [-0.15, -0.1) is 11.3 Å². The van der Waals surface area contributed by atoms with E-state index in [1.54, 1.807) is 7.11 Å². The summed E-state index contributed by atoms with van der Waals surface area (Å²) in [5.74, 6) is 0. The number of aromatic nitrogens is 1. The lowest BCUT2D eigenvalue weighted by atomic mass is 10.2. The molecule has 0 saturated carbocycles. The largest absolute Gasteiger partial charge is 0.444 e. The molecule has 6 nitrogen and oxygen atoms in total. The zero-order chi connectivity index (χ0) is 14.5. The summed E-state index contributed by atoms with van der Waals surface area (Å²) in [6.07, 6.45) is -0.496. The molecular formula is C12H21N3O3S. The van der Waals surface area contributed by atoms with Crippen molar-refractivity contribution in [3.05, 3.63) is 16.1 Å². The maximum Gasteiger partial charge on any atom is 0.408 e. The second-order valence-electron chi connectivity index (χ2n) is 5.03. The number of nitrogens with two attached hydrogens (primary N) is 1. The van der Waals surface area contributed by atoms with E-state index in [1.165, 1.54) is 11.3 Å². The van der Waals surface area contributed by atoms with Gasteiger partial charge in [0.1, 0.15) is 10.6 Å². The summed E-state index contributed by atoms with van der Waals surface area (Å²) in [4.78, 5) is 16.1. The summed E-state index contributed by atoms with van der Waals surface area (Å²) < 4.78 is 10.2. The van der Waals surface area contributed by atoms with Gasteiger partial charge in [-0.05, 0) is 20.8 Å². The second kappa shape index (κ2) is 6.83. The molecule has 0 bridgehead atoms. The highest BCUT2D eigenvalue weighted by Gasteiger charge is 2.21. The lowest BCUT2D eigenvalue weighted by Gasteiger charge is -2.22. The fourth-order valence-electron chi connectivity index (χ4n) is 1.38. The summed E-state index contributed by atoms with van der Waals surface area (Å²) >= 11 is 1.47. The summed E-state index contributed by atoms with van der Waals surface area (Å²) in [5, 5.41) is 5.43. The fourth-order valence-corrected chi connectivity index (χ4v) is 2.20. The molecule has 1 rings (SSSR count). The van der Waals surface area contributed by atoms with E-state index < -0.39 is 11.7 Å². The molecule has 1 heterocycles. The predicted molar refractivity (Wildman–Crippen MR) is 74.0 cm³/mol. The number of ether oxygens (including phenoxy) is 2. The van der Waals surface area contributed by atoms with Gasteiger partial charge in [0.2, 0.25) is 0 Å². The number of rotatable bonds is 5. The van der Waals surface area contributed by atoms with Crippen molar-refractivity contribution in [1.29, 1.82) is 0 Å². The van der Waals surface area contributed by atoms with E-state index in [1.807, 2.05) is 26.2 Å². The topological polar surface area (TPSA) is 86.5 Å². The third kappa shape index (κ3) is 5.54. The quantitative estimate of drug-likeness (QED) is 0.862. The molecule has 0 fully saturated rings. The van der Waals surface area contributed by atoms with Crippen LogP contribution in [0.1, 0.15) is 37.5 Å². The standard InChI is InChI=1S/C12H21N3O3S/c1-12(2,3)18-11(16)15-8(5-13)9-7-19-10(14-9)6-17-4/h7-8H,5-6,13H2,1-4H3,(H,15,16). The van der Waals surface area contributed by atoms with Crippen LogP contribution < -0.4 is 11.1 Å². The van der Waals surface area contributed by atoms with Crippen LogP contribution in [0, 0.1) is 0 Å². The number of nitrogens with zero attached hydrogens (tertiary/aromatic N) is 1. The Bertz CT molecular complexity index is 415. The molecule has 3 N–H and O–H groups in total. The van der Waals surface area contributed by atoms with Crippen LogP contribution in [0.3, 0.4) is 0 Å². The Morgan fingerprint density at radius 3 is 2.79 bits per heavy atom. The average Bonchev–Trinajstić information content (AvgIpc) is 2.72. The van der Waals surface area contributed by atoms with Gasteiger partial charge in [-0.2, -0.15) is 0 Å². The summed E-state index contributed by atoms with van der Waals surface area (Å²) in [5.41, 5.74) is 5.86. The molecule has 0 saturated heterocycles. The van der Waals surface area contributed by atoms with E-state index in [0.29, 0.717) is 6.61 Å². The van der Waals surface area contributed by atoms with Crippen LogP contribution in [-0.4, -0.2) is 30.3 Å².